The van der Waals surface area contributed by atoms with E-state index in [9.17, 15) is 18.8 Å². The lowest BCUT2D eigenvalue weighted by atomic mass is 9.95. The van der Waals surface area contributed by atoms with Crippen LogP contribution in [0.25, 0.3) is 0 Å². The van der Waals surface area contributed by atoms with Crippen LogP contribution in [-0.2, 0) is 9.59 Å². The summed E-state index contributed by atoms with van der Waals surface area (Å²) in [4.78, 5) is 40.6. The molecular formula is C23H26FN3O3. The Balaban J connectivity index is 1.48. The number of hydrogen-bond donors (Lipinski definition) is 1. The Bertz CT molecular complexity index is 904. The van der Waals surface area contributed by atoms with Gasteiger partial charge in [-0.2, -0.15) is 0 Å². The number of nitrogens with one attached hydrogen (secondary N) is 1. The summed E-state index contributed by atoms with van der Waals surface area (Å²) in [5.74, 6) is -1.11. The molecule has 0 atom stereocenters. The van der Waals surface area contributed by atoms with E-state index in [-0.39, 0.29) is 36.0 Å². The number of carbonyl (C=O) groups is 3. The highest BCUT2D eigenvalue weighted by molar-refractivity contribution is 5.95. The van der Waals surface area contributed by atoms with Crippen LogP contribution in [0.3, 0.4) is 0 Å². The average molecular weight is 411 g/mol. The fourth-order valence-electron chi connectivity index (χ4n) is 3.55. The lowest BCUT2D eigenvalue weighted by molar-refractivity contribution is -0.138. The van der Waals surface area contributed by atoms with Crippen LogP contribution < -0.4 is 5.32 Å². The van der Waals surface area contributed by atoms with Gasteiger partial charge in [0.2, 0.25) is 11.8 Å². The molecule has 1 aliphatic rings. The topological polar surface area (TPSA) is 69.7 Å². The lowest BCUT2D eigenvalue weighted by Crippen LogP contribution is -2.45. The SMILES string of the molecule is Cc1ccc(NC(=O)CN(C)C(=O)C2CCN(C(=O)c3ccc(F)cc3)CC2)cc1. The van der Waals surface area contributed by atoms with E-state index in [0.717, 1.165) is 5.56 Å². The highest BCUT2D eigenvalue weighted by Gasteiger charge is 2.30. The summed E-state index contributed by atoms with van der Waals surface area (Å²) in [7, 11) is 1.62. The molecule has 0 aliphatic carbocycles. The van der Waals surface area contributed by atoms with Gasteiger partial charge in [0.15, 0.2) is 0 Å². The average Bonchev–Trinajstić information content (AvgIpc) is 2.75. The predicted molar refractivity (Wildman–Crippen MR) is 112 cm³/mol. The number of rotatable bonds is 5. The van der Waals surface area contributed by atoms with Gasteiger partial charge in [0.25, 0.3) is 5.91 Å². The number of halogens is 1. The minimum Gasteiger partial charge on any atom is -0.339 e. The van der Waals surface area contributed by atoms with Gasteiger partial charge in [-0.05, 0) is 56.2 Å². The van der Waals surface area contributed by atoms with E-state index in [1.54, 1.807) is 11.9 Å². The molecule has 1 fully saturated rings. The van der Waals surface area contributed by atoms with E-state index in [1.807, 2.05) is 31.2 Å². The minimum atomic E-state index is -0.384. The number of carbonyl (C=O) groups excluding carboxylic acids is 3. The summed E-state index contributed by atoms with van der Waals surface area (Å²) in [5, 5.41) is 2.79. The highest BCUT2D eigenvalue weighted by atomic mass is 19.1. The molecule has 7 heteroatoms. The van der Waals surface area contributed by atoms with Gasteiger partial charge < -0.3 is 15.1 Å². The molecule has 1 aliphatic heterocycles. The van der Waals surface area contributed by atoms with Crippen LogP contribution in [0, 0.1) is 18.7 Å². The van der Waals surface area contributed by atoms with Crippen molar-refractivity contribution in [3.05, 3.63) is 65.5 Å². The van der Waals surface area contributed by atoms with Gasteiger partial charge in [0.1, 0.15) is 5.82 Å². The standard InChI is InChI=1S/C23H26FN3O3/c1-16-3-9-20(10-4-16)25-21(28)15-26(2)22(29)18-11-13-27(14-12-18)23(30)17-5-7-19(24)8-6-17/h3-10,18H,11-15H2,1-2H3,(H,25,28). The number of likely N-dealkylation sites (tertiary alicyclic amines) is 1. The van der Waals surface area contributed by atoms with Gasteiger partial charge >= 0.3 is 0 Å². The molecule has 0 radical (unpaired) electrons. The van der Waals surface area contributed by atoms with Gasteiger partial charge in [-0.25, -0.2) is 4.39 Å². The summed E-state index contributed by atoms with van der Waals surface area (Å²) in [6, 6.07) is 12.9. The number of hydrogen-bond acceptors (Lipinski definition) is 3. The van der Waals surface area contributed by atoms with Gasteiger partial charge in [-0.1, -0.05) is 17.7 Å². The summed E-state index contributed by atoms with van der Waals surface area (Å²) >= 11 is 0. The molecule has 3 rings (SSSR count). The van der Waals surface area contributed by atoms with Gasteiger partial charge in [0.05, 0.1) is 6.54 Å². The molecule has 2 aromatic rings. The second kappa shape index (κ2) is 9.52. The Morgan fingerprint density at radius 2 is 1.63 bits per heavy atom. The lowest BCUT2D eigenvalue weighted by Gasteiger charge is -2.33. The molecule has 0 saturated carbocycles. The number of likely N-dealkylation sites (N-methyl/N-ethyl adjacent to an activating group) is 1. The van der Waals surface area contributed by atoms with Crippen molar-refractivity contribution in [1.29, 1.82) is 0 Å². The molecule has 0 unspecified atom stereocenters. The van der Waals surface area contributed by atoms with Crippen LogP contribution >= 0.6 is 0 Å². The second-order valence-corrected chi connectivity index (χ2v) is 7.68. The molecule has 158 valence electrons. The monoisotopic (exact) mass is 411 g/mol. The molecule has 6 nitrogen and oxygen atoms in total. The van der Waals surface area contributed by atoms with E-state index in [0.29, 0.717) is 37.2 Å². The van der Waals surface area contributed by atoms with Crippen LogP contribution in [0.1, 0.15) is 28.8 Å². The third kappa shape index (κ3) is 5.43. The highest BCUT2D eigenvalue weighted by Crippen LogP contribution is 2.21. The molecule has 3 amide bonds. The first-order valence-corrected chi connectivity index (χ1v) is 10.00. The number of aryl methyl sites for hydroxylation is 1. The Morgan fingerprint density at radius 3 is 2.23 bits per heavy atom. The van der Waals surface area contributed by atoms with Crippen LogP contribution in [0.2, 0.25) is 0 Å². The molecule has 1 heterocycles. The third-order valence-electron chi connectivity index (χ3n) is 5.31. The zero-order chi connectivity index (χ0) is 21.7. The Hall–Kier alpha value is -3.22. The molecule has 0 aromatic heterocycles. The van der Waals surface area contributed by atoms with Crippen molar-refractivity contribution in [2.24, 2.45) is 5.92 Å². The van der Waals surface area contributed by atoms with Crippen molar-refractivity contribution in [3.8, 4) is 0 Å². The largest absolute Gasteiger partial charge is 0.339 e. The van der Waals surface area contributed by atoms with Gasteiger partial charge in [-0.3, -0.25) is 14.4 Å². The maximum absolute atomic E-state index is 13.0. The summed E-state index contributed by atoms with van der Waals surface area (Å²) in [6.07, 6.45) is 1.07. The van der Waals surface area contributed by atoms with E-state index >= 15 is 0 Å². The summed E-state index contributed by atoms with van der Waals surface area (Å²) in [5.41, 5.74) is 2.23. The number of nitrogens with zero attached hydrogens (tertiary/aromatic N) is 2. The molecular weight excluding hydrogens is 385 g/mol. The summed E-state index contributed by atoms with van der Waals surface area (Å²) < 4.78 is 13.0. The van der Waals surface area contributed by atoms with Crippen LogP contribution in [0.15, 0.2) is 48.5 Å². The Labute approximate surface area is 175 Å². The number of anilines is 1. The van der Waals surface area contributed by atoms with Crippen LogP contribution in [0.5, 0.6) is 0 Å². The van der Waals surface area contributed by atoms with Crippen molar-refractivity contribution in [1.82, 2.24) is 9.80 Å². The predicted octanol–water partition coefficient (Wildman–Crippen LogP) is 3.08. The quantitative estimate of drug-likeness (QED) is 0.822. The van der Waals surface area contributed by atoms with Crippen molar-refractivity contribution < 1.29 is 18.8 Å². The fraction of sp³-hybridized carbons (Fsp3) is 0.348. The van der Waals surface area contributed by atoms with E-state index < -0.39 is 0 Å². The van der Waals surface area contributed by atoms with Crippen molar-refractivity contribution in [3.63, 3.8) is 0 Å². The molecule has 2 aromatic carbocycles. The summed E-state index contributed by atoms with van der Waals surface area (Å²) in [6.45, 7) is 2.85. The maximum Gasteiger partial charge on any atom is 0.253 e. The number of amides is 3. The van der Waals surface area contributed by atoms with Crippen LogP contribution in [-0.4, -0.2) is 54.2 Å². The zero-order valence-electron chi connectivity index (χ0n) is 17.2. The van der Waals surface area contributed by atoms with Gasteiger partial charge in [-0.15, -0.1) is 0 Å². The van der Waals surface area contributed by atoms with E-state index in [4.69, 9.17) is 0 Å². The van der Waals surface area contributed by atoms with Crippen molar-refractivity contribution >= 4 is 23.4 Å². The van der Waals surface area contributed by atoms with Crippen molar-refractivity contribution in [2.75, 3.05) is 32.0 Å². The van der Waals surface area contributed by atoms with Gasteiger partial charge in [0, 0.05) is 37.3 Å². The first-order chi connectivity index (χ1) is 14.3. The van der Waals surface area contributed by atoms with Crippen LogP contribution in [0.4, 0.5) is 10.1 Å². The van der Waals surface area contributed by atoms with E-state index in [2.05, 4.69) is 5.32 Å². The normalized spacial score (nSPS) is 14.3. The molecule has 1 saturated heterocycles. The first kappa shape index (κ1) is 21.5. The zero-order valence-corrected chi connectivity index (χ0v) is 17.2. The Morgan fingerprint density at radius 1 is 1.03 bits per heavy atom. The molecule has 0 spiro atoms. The second-order valence-electron chi connectivity index (χ2n) is 7.68. The molecule has 1 N–H and O–H groups in total. The smallest absolute Gasteiger partial charge is 0.253 e. The fourth-order valence-corrected chi connectivity index (χ4v) is 3.55. The minimum absolute atomic E-state index is 0.0264. The Kier molecular flexibility index (Phi) is 6.82. The maximum atomic E-state index is 13.0. The molecule has 0 bridgehead atoms. The number of piperidine rings is 1. The third-order valence-corrected chi connectivity index (χ3v) is 5.31. The first-order valence-electron chi connectivity index (χ1n) is 10.00. The van der Waals surface area contributed by atoms with E-state index in [1.165, 1.54) is 29.2 Å². The number of benzene rings is 2. The molecule has 30 heavy (non-hydrogen) atoms. The van der Waals surface area contributed by atoms with Crippen molar-refractivity contribution in [2.45, 2.75) is 19.8 Å².